The highest BCUT2D eigenvalue weighted by Gasteiger charge is 2.26. The molecule has 4 aromatic rings. The summed E-state index contributed by atoms with van der Waals surface area (Å²) < 4.78 is 15.0. The molecule has 1 aromatic heterocycles. The van der Waals surface area contributed by atoms with Crippen LogP contribution in [0.15, 0.2) is 71.3 Å². The monoisotopic (exact) mass is 482 g/mol. The molecular formula is C28H26N4O2S. The molecule has 1 heterocycles. The van der Waals surface area contributed by atoms with E-state index in [4.69, 9.17) is 9.26 Å². The molecule has 0 amide bonds. The molecule has 0 saturated carbocycles. The Morgan fingerprint density at radius 2 is 2.00 bits per heavy atom. The molecule has 0 fully saturated rings. The molecule has 0 unspecified atom stereocenters. The van der Waals surface area contributed by atoms with Gasteiger partial charge in [0, 0.05) is 22.9 Å². The molecule has 6 nitrogen and oxygen atoms in total. The van der Waals surface area contributed by atoms with Gasteiger partial charge in [0.15, 0.2) is 0 Å². The van der Waals surface area contributed by atoms with E-state index in [0.717, 1.165) is 24.2 Å². The van der Waals surface area contributed by atoms with Crippen LogP contribution in [-0.2, 0) is 12.2 Å². The molecule has 0 spiro atoms. The van der Waals surface area contributed by atoms with Crippen LogP contribution in [0.1, 0.15) is 48.6 Å². The van der Waals surface area contributed by atoms with Crippen LogP contribution in [-0.4, -0.2) is 16.2 Å². The van der Waals surface area contributed by atoms with Crippen molar-refractivity contribution in [2.45, 2.75) is 44.6 Å². The van der Waals surface area contributed by atoms with E-state index in [-0.39, 0.29) is 12.1 Å². The van der Waals surface area contributed by atoms with Gasteiger partial charge < -0.3 is 9.26 Å². The molecule has 0 aliphatic heterocycles. The molecule has 1 atom stereocenters. The Morgan fingerprint density at radius 3 is 2.80 bits per heavy atom. The van der Waals surface area contributed by atoms with Crippen LogP contribution in [0.25, 0.3) is 22.8 Å². The van der Waals surface area contributed by atoms with Gasteiger partial charge in [-0.1, -0.05) is 65.6 Å². The van der Waals surface area contributed by atoms with Gasteiger partial charge in [-0.25, -0.2) is 0 Å². The topological polar surface area (TPSA) is 84.0 Å². The summed E-state index contributed by atoms with van der Waals surface area (Å²) in [5.74, 6) is 2.42. The van der Waals surface area contributed by atoms with Gasteiger partial charge in [-0.05, 0) is 61.6 Å². The zero-order valence-corrected chi connectivity index (χ0v) is 20.5. The average Bonchev–Trinajstić information content (AvgIpc) is 3.52. The van der Waals surface area contributed by atoms with Crippen molar-refractivity contribution in [3.8, 4) is 34.7 Å². The summed E-state index contributed by atoms with van der Waals surface area (Å²) in [6.07, 6.45) is 1.97. The Kier molecular flexibility index (Phi) is 6.84. The van der Waals surface area contributed by atoms with E-state index in [1.54, 1.807) is 24.1 Å². The van der Waals surface area contributed by atoms with E-state index in [9.17, 15) is 5.26 Å². The first-order valence-electron chi connectivity index (χ1n) is 11.7. The second-order valence-electron chi connectivity index (χ2n) is 8.77. The Bertz CT molecular complexity index is 1360. The predicted octanol–water partition coefficient (Wildman–Crippen LogP) is 6.49. The first kappa shape index (κ1) is 23.2. The fourth-order valence-electron chi connectivity index (χ4n) is 4.34. The van der Waals surface area contributed by atoms with Crippen LogP contribution in [0.2, 0.25) is 0 Å². The quantitative estimate of drug-likeness (QED) is 0.287. The van der Waals surface area contributed by atoms with Gasteiger partial charge in [-0.2, -0.15) is 10.2 Å². The molecule has 1 N–H and O–H groups in total. The maximum atomic E-state index is 9.54. The van der Waals surface area contributed by atoms with Gasteiger partial charge in [0.25, 0.3) is 5.89 Å². The van der Waals surface area contributed by atoms with E-state index in [0.29, 0.717) is 28.6 Å². The van der Waals surface area contributed by atoms with Gasteiger partial charge >= 0.3 is 0 Å². The van der Waals surface area contributed by atoms with Gasteiger partial charge in [-0.3, -0.25) is 4.72 Å². The number of nitrogens with one attached hydrogen (secondary N) is 1. The number of aromatic nitrogens is 2. The standard InChI is InChI=1S/C28H26N4O2S/c1-18(2)33-26-14-11-20(15-21(26)16-29)28-30-27(31-34-28)24-10-6-9-23-22(24)12-13-25(23)32-35-17-19-7-4-3-5-8-19/h3-11,14-15,18,25,32H,12-13,17H2,1-2H3/t25-/m1/s1. The second-order valence-corrected chi connectivity index (χ2v) is 9.58. The number of benzene rings is 3. The molecule has 7 heteroatoms. The summed E-state index contributed by atoms with van der Waals surface area (Å²) in [4.78, 5) is 4.67. The second kappa shape index (κ2) is 10.3. The van der Waals surface area contributed by atoms with Crippen LogP contribution in [0.4, 0.5) is 0 Å². The van der Waals surface area contributed by atoms with E-state index in [1.165, 1.54) is 16.7 Å². The van der Waals surface area contributed by atoms with Crippen molar-refractivity contribution >= 4 is 11.9 Å². The van der Waals surface area contributed by atoms with Crippen molar-refractivity contribution < 1.29 is 9.26 Å². The van der Waals surface area contributed by atoms with E-state index in [2.05, 4.69) is 57.3 Å². The van der Waals surface area contributed by atoms with E-state index >= 15 is 0 Å². The van der Waals surface area contributed by atoms with Crippen molar-refractivity contribution in [1.82, 2.24) is 14.9 Å². The summed E-state index contributed by atoms with van der Waals surface area (Å²) >= 11 is 1.74. The Morgan fingerprint density at radius 1 is 1.14 bits per heavy atom. The highest BCUT2D eigenvalue weighted by atomic mass is 32.2. The molecular weight excluding hydrogens is 456 g/mol. The first-order valence-corrected chi connectivity index (χ1v) is 12.7. The molecule has 1 aliphatic rings. The number of hydrogen-bond donors (Lipinski definition) is 1. The molecule has 0 radical (unpaired) electrons. The van der Waals surface area contributed by atoms with Crippen LogP contribution in [0.5, 0.6) is 5.75 Å². The highest BCUT2D eigenvalue weighted by Crippen LogP contribution is 2.38. The van der Waals surface area contributed by atoms with Gasteiger partial charge in [0.2, 0.25) is 5.82 Å². The third-order valence-electron chi connectivity index (χ3n) is 5.95. The Balaban J connectivity index is 1.34. The van der Waals surface area contributed by atoms with E-state index < -0.39 is 0 Å². The summed E-state index contributed by atoms with van der Waals surface area (Å²) in [7, 11) is 0. The lowest BCUT2D eigenvalue weighted by Gasteiger charge is -2.14. The predicted molar refractivity (Wildman–Crippen MR) is 138 cm³/mol. The third kappa shape index (κ3) is 5.09. The zero-order chi connectivity index (χ0) is 24.2. The summed E-state index contributed by atoms with van der Waals surface area (Å²) in [5.41, 5.74) is 5.99. The number of rotatable bonds is 8. The lowest BCUT2D eigenvalue weighted by molar-refractivity contribution is 0.241. The molecule has 0 bridgehead atoms. The van der Waals surface area contributed by atoms with Crippen molar-refractivity contribution in [2.75, 3.05) is 0 Å². The maximum Gasteiger partial charge on any atom is 0.258 e. The lowest BCUT2D eigenvalue weighted by atomic mass is 10.0. The average molecular weight is 483 g/mol. The van der Waals surface area contributed by atoms with Crippen molar-refractivity contribution in [3.63, 3.8) is 0 Å². The molecule has 5 rings (SSSR count). The molecule has 3 aromatic carbocycles. The van der Waals surface area contributed by atoms with Crippen LogP contribution in [0.3, 0.4) is 0 Å². The Hall–Kier alpha value is -3.60. The minimum absolute atomic E-state index is 0.0156. The largest absolute Gasteiger partial charge is 0.490 e. The fourth-order valence-corrected chi connectivity index (χ4v) is 5.23. The van der Waals surface area contributed by atoms with E-state index in [1.807, 2.05) is 32.0 Å². The number of nitriles is 1. The molecule has 0 saturated heterocycles. The maximum absolute atomic E-state index is 9.54. The lowest BCUT2D eigenvalue weighted by Crippen LogP contribution is -2.11. The summed E-state index contributed by atoms with van der Waals surface area (Å²) in [6, 6.07) is 24.6. The van der Waals surface area contributed by atoms with Crippen LogP contribution >= 0.6 is 11.9 Å². The number of fused-ring (bicyclic) bond motifs is 1. The van der Waals surface area contributed by atoms with Crippen molar-refractivity contribution in [1.29, 1.82) is 5.26 Å². The summed E-state index contributed by atoms with van der Waals surface area (Å²) in [5, 5.41) is 13.8. The highest BCUT2D eigenvalue weighted by molar-refractivity contribution is 7.96. The van der Waals surface area contributed by atoms with Gasteiger partial charge in [0.1, 0.15) is 11.8 Å². The Labute approximate surface area is 209 Å². The molecule has 1 aliphatic carbocycles. The summed E-state index contributed by atoms with van der Waals surface area (Å²) in [6.45, 7) is 3.86. The number of hydrogen-bond acceptors (Lipinski definition) is 7. The SMILES string of the molecule is CC(C)Oc1ccc(-c2nc(-c3cccc4c3CC[C@H]4NSCc3ccccc3)no2)cc1C#N. The number of ether oxygens (including phenoxy) is 1. The fraction of sp³-hybridized carbons (Fsp3) is 0.250. The number of nitrogens with zero attached hydrogens (tertiary/aromatic N) is 3. The van der Waals surface area contributed by atoms with Crippen molar-refractivity contribution in [3.05, 3.63) is 89.0 Å². The molecule has 35 heavy (non-hydrogen) atoms. The normalized spacial score (nSPS) is 14.6. The zero-order valence-electron chi connectivity index (χ0n) is 19.7. The molecule has 176 valence electrons. The minimum atomic E-state index is -0.0156. The van der Waals surface area contributed by atoms with Crippen molar-refractivity contribution in [2.24, 2.45) is 0 Å². The van der Waals surface area contributed by atoms with Crippen LogP contribution in [0, 0.1) is 11.3 Å². The smallest absolute Gasteiger partial charge is 0.258 e. The van der Waals surface area contributed by atoms with Crippen LogP contribution < -0.4 is 9.46 Å². The third-order valence-corrected chi connectivity index (χ3v) is 6.88. The minimum Gasteiger partial charge on any atom is -0.490 e. The van der Waals surface area contributed by atoms with Gasteiger partial charge in [-0.15, -0.1) is 0 Å². The van der Waals surface area contributed by atoms with Gasteiger partial charge in [0.05, 0.1) is 11.7 Å². The first-order chi connectivity index (χ1) is 17.1.